The lowest BCUT2D eigenvalue weighted by atomic mass is 10.2. The van der Waals surface area contributed by atoms with E-state index in [1.165, 1.54) is 19.2 Å². The van der Waals surface area contributed by atoms with Gasteiger partial charge in [-0.1, -0.05) is 12.1 Å². The highest BCUT2D eigenvalue weighted by atomic mass is 16.6. The van der Waals surface area contributed by atoms with Crippen molar-refractivity contribution in [1.29, 1.82) is 0 Å². The van der Waals surface area contributed by atoms with Crippen LogP contribution < -0.4 is 5.32 Å². The number of ether oxygens (including phenoxy) is 1. The zero-order valence-corrected chi connectivity index (χ0v) is 8.80. The third-order valence-electron chi connectivity index (χ3n) is 1.97. The Balaban J connectivity index is 2.43. The summed E-state index contributed by atoms with van der Waals surface area (Å²) in [6.45, 7) is 0.584. The molecule has 0 atom stereocenters. The molecular formula is C10H12N2O4. The van der Waals surface area contributed by atoms with E-state index in [9.17, 15) is 14.9 Å². The molecule has 0 amide bonds. The molecule has 0 aliphatic heterocycles. The predicted octanol–water partition coefficient (Wildman–Crippen LogP) is 0.857. The van der Waals surface area contributed by atoms with Gasteiger partial charge in [0.25, 0.3) is 5.69 Å². The fourth-order valence-electron chi connectivity index (χ4n) is 1.12. The van der Waals surface area contributed by atoms with Gasteiger partial charge in [-0.3, -0.25) is 14.9 Å². The van der Waals surface area contributed by atoms with E-state index in [2.05, 4.69) is 10.1 Å². The second-order valence-electron chi connectivity index (χ2n) is 3.10. The molecule has 0 saturated carbocycles. The Morgan fingerprint density at radius 2 is 2.06 bits per heavy atom. The van der Waals surface area contributed by atoms with Crippen molar-refractivity contribution in [2.75, 3.05) is 13.7 Å². The molecular weight excluding hydrogens is 212 g/mol. The Hall–Kier alpha value is -1.95. The summed E-state index contributed by atoms with van der Waals surface area (Å²) in [5, 5.41) is 13.2. The third-order valence-corrected chi connectivity index (χ3v) is 1.97. The number of nitrogens with one attached hydrogen (secondary N) is 1. The van der Waals surface area contributed by atoms with Gasteiger partial charge < -0.3 is 10.1 Å². The number of esters is 1. The van der Waals surface area contributed by atoms with E-state index in [0.29, 0.717) is 6.54 Å². The molecule has 1 N–H and O–H groups in total. The maximum atomic E-state index is 10.8. The summed E-state index contributed by atoms with van der Waals surface area (Å²) in [4.78, 5) is 20.7. The molecule has 86 valence electrons. The van der Waals surface area contributed by atoms with Crippen LogP contribution in [0.15, 0.2) is 24.3 Å². The number of non-ortho nitro benzene ring substituents is 1. The number of carbonyl (C=O) groups is 1. The first-order valence-electron chi connectivity index (χ1n) is 4.64. The maximum absolute atomic E-state index is 10.8. The van der Waals surface area contributed by atoms with Crippen LogP contribution in [0.4, 0.5) is 5.69 Å². The molecule has 0 heterocycles. The predicted molar refractivity (Wildman–Crippen MR) is 56.8 cm³/mol. The standard InChI is InChI=1S/C10H12N2O4/c1-16-10(13)7-11-6-8-2-4-9(5-3-8)12(14)15/h2-5,11H,6-7H2,1H3. The zero-order chi connectivity index (χ0) is 12.0. The lowest BCUT2D eigenvalue weighted by Crippen LogP contribution is -2.23. The normalized spacial score (nSPS) is 9.81. The Morgan fingerprint density at radius 1 is 1.44 bits per heavy atom. The maximum Gasteiger partial charge on any atom is 0.319 e. The summed E-state index contributed by atoms with van der Waals surface area (Å²) in [7, 11) is 1.32. The van der Waals surface area contributed by atoms with Crippen molar-refractivity contribution in [2.24, 2.45) is 0 Å². The van der Waals surface area contributed by atoms with Crippen molar-refractivity contribution in [3.63, 3.8) is 0 Å². The molecule has 0 unspecified atom stereocenters. The molecule has 0 bridgehead atoms. The van der Waals surface area contributed by atoms with Crippen LogP contribution in [0.2, 0.25) is 0 Å². The van der Waals surface area contributed by atoms with Gasteiger partial charge in [0.1, 0.15) is 0 Å². The van der Waals surface area contributed by atoms with Crippen molar-refractivity contribution in [2.45, 2.75) is 6.54 Å². The van der Waals surface area contributed by atoms with Crippen molar-refractivity contribution in [3.8, 4) is 0 Å². The minimum absolute atomic E-state index is 0.0525. The van der Waals surface area contributed by atoms with Crippen LogP contribution in [0.5, 0.6) is 0 Å². The fraction of sp³-hybridized carbons (Fsp3) is 0.300. The van der Waals surface area contributed by atoms with Crippen LogP contribution in [0.25, 0.3) is 0 Å². The molecule has 0 fully saturated rings. The molecule has 1 aromatic carbocycles. The average Bonchev–Trinajstić information content (AvgIpc) is 2.29. The molecule has 0 saturated heterocycles. The van der Waals surface area contributed by atoms with E-state index in [1.54, 1.807) is 12.1 Å². The molecule has 1 rings (SSSR count). The molecule has 0 aliphatic carbocycles. The van der Waals surface area contributed by atoms with Crippen molar-refractivity contribution < 1.29 is 14.5 Å². The topological polar surface area (TPSA) is 81.5 Å². The van der Waals surface area contributed by atoms with Gasteiger partial charge in [-0.25, -0.2) is 0 Å². The Labute approximate surface area is 92.4 Å². The number of rotatable bonds is 5. The van der Waals surface area contributed by atoms with E-state index in [-0.39, 0.29) is 18.2 Å². The Morgan fingerprint density at radius 3 is 2.56 bits per heavy atom. The lowest BCUT2D eigenvalue weighted by Gasteiger charge is -2.03. The van der Waals surface area contributed by atoms with Gasteiger partial charge in [0.2, 0.25) is 0 Å². The zero-order valence-electron chi connectivity index (χ0n) is 8.80. The van der Waals surface area contributed by atoms with Crippen LogP contribution >= 0.6 is 0 Å². The fourth-order valence-corrected chi connectivity index (χ4v) is 1.12. The average molecular weight is 224 g/mol. The minimum Gasteiger partial charge on any atom is -0.468 e. The van der Waals surface area contributed by atoms with Crippen LogP contribution in [0.3, 0.4) is 0 Å². The van der Waals surface area contributed by atoms with Gasteiger partial charge in [0.15, 0.2) is 0 Å². The molecule has 0 aromatic heterocycles. The number of nitro benzene ring substituents is 1. The third kappa shape index (κ3) is 3.66. The first-order chi connectivity index (χ1) is 7.63. The first kappa shape index (κ1) is 12.1. The molecule has 0 radical (unpaired) electrons. The first-order valence-corrected chi connectivity index (χ1v) is 4.64. The Bertz CT molecular complexity index is 375. The minimum atomic E-state index is -0.453. The number of nitrogens with zero attached hydrogens (tertiary/aromatic N) is 1. The number of nitro groups is 1. The van der Waals surface area contributed by atoms with Gasteiger partial charge in [-0.15, -0.1) is 0 Å². The van der Waals surface area contributed by atoms with Gasteiger partial charge in [0.05, 0.1) is 18.6 Å². The number of methoxy groups -OCH3 is 1. The molecule has 0 aliphatic rings. The highest BCUT2D eigenvalue weighted by molar-refractivity contribution is 5.71. The van der Waals surface area contributed by atoms with Crippen LogP contribution in [-0.4, -0.2) is 24.5 Å². The number of hydrogen-bond acceptors (Lipinski definition) is 5. The van der Waals surface area contributed by atoms with E-state index in [4.69, 9.17) is 0 Å². The van der Waals surface area contributed by atoms with Crippen molar-refractivity contribution in [3.05, 3.63) is 39.9 Å². The number of hydrogen-bond donors (Lipinski definition) is 1. The highest BCUT2D eigenvalue weighted by Gasteiger charge is 2.04. The highest BCUT2D eigenvalue weighted by Crippen LogP contribution is 2.11. The summed E-state index contributed by atoms with van der Waals surface area (Å²) >= 11 is 0. The molecule has 16 heavy (non-hydrogen) atoms. The quantitative estimate of drug-likeness (QED) is 0.455. The summed E-state index contributed by atoms with van der Waals surface area (Å²) in [5.41, 5.74) is 0.922. The monoisotopic (exact) mass is 224 g/mol. The summed E-state index contributed by atoms with van der Waals surface area (Å²) < 4.78 is 4.45. The lowest BCUT2D eigenvalue weighted by molar-refractivity contribution is -0.384. The smallest absolute Gasteiger partial charge is 0.319 e. The SMILES string of the molecule is COC(=O)CNCc1ccc([N+](=O)[O-])cc1. The largest absolute Gasteiger partial charge is 0.468 e. The van der Waals surface area contributed by atoms with E-state index >= 15 is 0 Å². The summed E-state index contributed by atoms with van der Waals surface area (Å²) in [6.07, 6.45) is 0. The molecule has 0 spiro atoms. The van der Waals surface area contributed by atoms with Gasteiger partial charge >= 0.3 is 5.97 Å². The van der Waals surface area contributed by atoms with Gasteiger partial charge in [-0.2, -0.15) is 0 Å². The molecule has 1 aromatic rings. The molecule has 6 heteroatoms. The second-order valence-corrected chi connectivity index (χ2v) is 3.10. The van der Waals surface area contributed by atoms with E-state index in [1.807, 2.05) is 0 Å². The van der Waals surface area contributed by atoms with Crippen molar-refractivity contribution >= 4 is 11.7 Å². The van der Waals surface area contributed by atoms with Crippen LogP contribution in [0, 0.1) is 10.1 Å². The van der Waals surface area contributed by atoms with Crippen LogP contribution in [0.1, 0.15) is 5.56 Å². The second kappa shape index (κ2) is 5.82. The number of benzene rings is 1. The van der Waals surface area contributed by atoms with Gasteiger partial charge in [0, 0.05) is 18.7 Å². The summed E-state index contributed by atoms with van der Waals surface area (Å²) in [5.74, 6) is -0.345. The summed E-state index contributed by atoms with van der Waals surface area (Å²) in [6, 6.07) is 6.13. The number of carbonyl (C=O) groups excluding carboxylic acids is 1. The van der Waals surface area contributed by atoms with Crippen molar-refractivity contribution in [1.82, 2.24) is 5.32 Å². The molecule has 6 nitrogen and oxygen atoms in total. The Kier molecular flexibility index (Phi) is 4.41. The van der Waals surface area contributed by atoms with Gasteiger partial charge in [-0.05, 0) is 5.56 Å². The van der Waals surface area contributed by atoms with E-state index < -0.39 is 4.92 Å². The van der Waals surface area contributed by atoms with E-state index in [0.717, 1.165) is 5.56 Å². The van der Waals surface area contributed by atoms with Crippen LogP contribution in [-0.2, 0) is 16.1 Å².